The molecule has 3 rings (SSSR count). The van der Waals surface area contributed by atoms with Crippen LogP contribution < -0.4 is 10.6 Å². The van der Waals surface area contributed by atoms with Crippen molar-refractivity contribution in [2.45, 2.75) is 78.5 Å². The second-order valence-electron chi connectivity index (χ2n) is 11.3. The molecule has 2 aromatic carbocycles. The van der Waals surface area contributed by atoms with Crippen molar-refractivity contribution in [1.82, 2.24) is 25.7 Å². The van der Waals surface area contributed by atoms with Crippen molar-refractivity contribution in [3.63, 3.8) is 0 Å². The average Bonchev–Trinajstić information content (AvgIpc) is 2.95. The van der Waals surface area contributed by atoms with Crippen LogP contribution in [0, 0.1) is 18.6 Å². The summed E-state index contributed by atoms with van der Waals surface area (Å²) in [6, 6.07) is 9.12. The van der Waals surface area contributed by atoms with Gasteiger partial charge in [0.25, 0.3) is 11.8 Å². The molecule has 3 aromatic rings. The Bertz CT molecular complexity index is 1360. The first-order chi connectivity index (χ1) is 20.5. The molecular weight excluding hydrogens is 552 g/mol. The minimum Gasteiger partial charge on any atom is -0.390 e. The van der Waals surface area contributed by atoms with E-state index in [9.17, 15) is 23.5 Å². The van der Waals surface area contributed by atoms with E-state index in [-0.39, 0.29) is 35.9 Å². The molecule has 232 valence electrons. The molecule has 1 aromatic heterocycles. The molecular formula is C33H43F2N5O3. The number of rotatable bonds is 15. The van der Waals surface area contributed by atoms with Gasteiger partial charge < -0.3 is 20.6 Å². The lowest BCUT2D eigenvalue weighted by Crippen LogP contribution is -2.48. The smallest absolute Gasteiger partial charge is 0.253 e. The molecule has 0 saturated heterocycles. The van der Waals surface area contributed by atoms with Gasteiger partial charge >= 0.3 is 0 Å². The monoisotopic (exact) mass is 595 g/mol. The first-order valence-corrected chi connectivity index (χ1v) is 14.9. The third-order valence-electron chi connectivity index (χ3n) is 7.07. The van der Waals surface area contributed by atoms with E-state index in [2.05, 4.69) is 34.7 Å². The second kappa shape index (κ2) is 16.2. The number of aliphatic hydroxyl groups excluding tert-OH is 1. The van der Waals surface area contributed by atoms with Gasteiger partial charge in [-0.2, -0.15) is 10.2 Å². The van der Waals surface area contributed by atoms with Crippen LogP contribution in [0.5, 0.6) is 0 Å². The highest BCUT2D eigenvalue weighted by Gasteiger charge is 2.24. The predicted molar refractivity (Wildman–Crippen MR) is 163 cm³/mol. The van der Waals surface area contributed by atoms with Crippen molar-refractivity contribution in [1.29, 1.82) is 0 Å². The van der Waals surface area contributed by atoms with E-state index in [0.717, 1.165) is 30.0 Å². The number of aliphatic hydroxyl groups is 1. The highest BCUT2D eigenvalue weighted by atomic mass is 19.1. The minimum atomic E-state index is -1.12. The van der Waals surface area contributed by atoms with Gasteiger partial charge in [0.1, 0.15) is 11.6 Å². The Morgan fingerprint density at radius 3 is 2.23 bits per heavy atom. The summed E-state index contributed by atoms with van der Waals surface area (Å²) in [5.41, 5.74) is 3.42. The Labute approximate surface area is 252 Å². The standard InChI is InChI=1S/C33H43F2N5O3/c1-6-8-40(9-7-2)33(43)25-11-22(5)10-24(15-25)32(42)38-30(14-23-12-27(34)17-28(35)13-23)31(41)20-36-19-29-16-26(21(3)4)18-37-39-29/h10-13,15-18,21,30-31,36,41H,6-9,14,19-20H2,1-5H3,(H,38,42)/t30-,31+/m0/s1. The van der Waals surface area contributed by atoms with Gasteiger partial charge in [-0.15, -0.1) is 0 Å². The van der Waals surface area contributed by atoms with Crippen molar-refractivity contribution >= 4 is 11.8 Å². The van der Waals surface area contributed by atoms with Crippen molar-refractivity contribution < 1.29 is 23.5 Å². The number of halogens is 2. The molecule has 8 nitrogen and oxygen atoms in total. The summed E-state index contributed by atoms with van der Waals surface area (Å²) < 4.78 is 28.0. The van der Waals surface area contributed by atoms with Crippen LogP contribution in [0.15, 0.2) is 48.7 Å². The molecule has 0 aliphatic heterocycles. The van der Waals surface area contributed by atoms with Gasteiger partial charge in [0.15, 0.2) is 0 Å². The molecule has 0 aliphatic carbocycles. The Morgan fingerprint density at radius 2 is 1.60 bits per heavy atom. The molecule has 0 saturated carbocycles. The maximum Gasteiger partial charge on any atom is 0.253 e. The maximum absolute atomic E-state index is 14.0. The summed E-state index contributed by atoms with van der Waals surface area (Å²) in [6.45, 7) is 11.5. The molecule has 3 N–H and O–H groups in total. The summed E-state index contributed by atoms with van der Waals surface area (Å²) in [6.07, 6.45) is 2.20. The van der Waals surface area contributed by atoms with Gasteiger partial charge in [-0.25, -0.2) is 8.78 Å². The van der Waals surface area contributed by atoms with Crippen LogP contribution in [0.25, 0.3) is 0 Å². The molecule has 0 fully saturated rings. The second-order valence-corrected chi connectivity index (χ2v) is 11.3. The van der Waals surface area contributed by atoms with Crippen LogP contribution in [-0.2, 0) is 13.0 Å². The summed E-state index contributed by atoms with van der Waals surface area (Å²) in [4.78, 5) is 28.5. The Hall–Kier alpha value is -3.76. The molecule has 0 spiro atoms. The number of hydrogen-bond acceptors (Lipinski definition) is 6. The van der Waals surface area contributed by atoms with E-state index in [1.807, 2.05) is 19.9 Å². The number of hydrogen-bond donors (Lipinski definition) is 3. The number of nitrogens with zero attached hydrogens (tertiary/aromatic N) is 3. The highest BCUT2D eigenvalue weighted by Crippen LogP contribution is 2.17. The number of carbonyl (C=O) groups excluding carboxylic acids is 2. The first kappa shape index (κ1) is 33.7. The van der Waals surface area contributed by atoms with E-state index < -0.39 is 29.7 Å². The Morgan fingerprint density at radius 1 is 0.953 bits per heavy atom. The number of benzene rings is 2. The average molecular weight is 596 g/mol. The topological polar surface area (TPSA) is 107 Å². The van der Waals surface area contributed by atoms with Gasteiger partial charge in [0.05, 0.1) is 24.0 Å². The zero-order valence-electron chi connectivity index (χ0n) is 25.7. The van der Waals surface area contributed by atoms with Crippen LogP contribution in [0.4, 0.5) is 8.78 Å². The molecule has 0 unspecified atom stereocenters. The molecule has 2 atom stereocenters. The van der Waals surface area contributed by atoms with Crippen LogP contribution in [0.1, 0.15) is 89.6 Å². The summed E-state index contributed by atoms with van der Waals surface area (Å²) >= 11 is 0. The molecule has 2 amide bonds. The fourth-order valence-corrected chi connectivity index (χ4v) is 4.91. The zero-order chi connectivity index (χ0) is 31.5. The number of aromatic nitrogens is 2. The van der Waals surface area contributed by atoms with Gasteiger partial charge in [0.2, 0.25) is 0 Å². The highest BCUT2D eigenvalue weighted by molar-refractivity contribution is 6.00. The quantitative estimate of drug-likeness (QED) is 0.230. The van der Waals surface area contributed by atoms with Crippen molar-refractivity contribution in [2.75, 3.05) is 19.6 Å². The largest absolute Gasteiger partial charge is 0.390 e. The summed E-state index contributed by atoms with van der Waals surface area (Å²) in [7, 11) is 0. The van der Waals surface area contributed by atoms with Gasteiger partial charge in [-0.1, -0.05) is 27.7 Å². The number of carbonyl (C=O) groups is 2. The lowest BCUT2D eigenvalue weighted by Gasteiger charge is -2.25. The third kappa shape index (κ3) is 10.2. The van der Waals surface area contributed by atoms with Crippen molar-refractivity contribution in [3.8, 4) is 0 Å². The van der Waals surface area contributed by atoms with Gasteiger partial charge in [-0.3, -0.25) is 9.59 Å². The maximum atomic E-state index is 14.0. The Balaban J connectivity index is 1.80. The lowest BCUT2D eigenvalue weighted by molar-refractivity contribution is 0.0755. The third-order valence-corrected chi connectivity index (χ3v) is 7.07. The molecule has 0 bridgehead atoms. The lowest BCUT2D eigenvalue weighted by atomic mass is 9.99. The SMILES string of the molecule is CCCN(CCC)C(=O)c1cc(C)cc(C(=O)N[C@@H](Cc2cc(F)cc(F)c2)[C@H](O)CNCc2cc(C(C)C)cnn2)c1. The number of amides is 2. The molecule has 43 heavy (non-hydrogen) atoms. The van der Waals surface area contributed by atoms with E-state index in [4.69, 9.17) is 0 Å². The van der Waals surface area contributed by atoms with Crippen LogP contribution in [-0.4, -0.2) is 63.8 Å². The van der Waals surface area contributed by atoms with Gasteiger partial charge in [0, 0.05) is 43.4 Å². The van der Waals surface area contributed by atoms with Crippen LogP contribution in [0.3, 0.4) is 0 Å². The van der Waals surface area contributed by atoms with E-state index in [1.165, 1.54) is 12.1 Å². The van der Waals surface area contributed by atoms with Crippen LogP contribution in [0.2, 0.25) is 0 Å². The summed E-state index contributed by atoms with van der Waals surface area (Å²) in [5, 5.41) is 25.3. The van der Waals surface area contributed by atoms with Gasteiger partial charge in [-0.05, 0) is 85.2 Å². The normalized spacial score (nSPS) is 12.7. The fraction of sp³-hybridized carbons (Fsp3) is 0.455. The van der Waals surface area contributed by atoms with E-state index >= 15 is 0 Å². The zero-order valence-corrected chi connectivity index (χ0v) is 25.7. The van der Waals surface area contributed by atoms with E-state index in [1.54, 1.807) is 36.2 Å². The molecule has 0 radical (unpaired) electrons. The number of nitrogens with one attached hydrogen (secondary N) is 2. The fourth-order valence-electron chi connectivity index (χ4n) is 4.91. The molecule has 10 heteroatoms. The number of aryl methyl sites for hydroxylation is 1. The van der Waals surface area contributed by atoms with Crippen molar-refractivity contribution in [2.24, 2.45) is 0 Å². The minimum absolute atomic E-state index is 0.0235. The Kier molecular flexibility index (Phi) is 12.7. The summed E-state index contributed by atoms with van der Waals surface area (Å²) in [5.74, 6) is -1.87. The first-order valence-electron chi connectivity index (χ1n) is 14.9. The predicted octanol–water partition coefficient (Wildman–Crippen LogP) is 4.94. The van der Waals surface area contributed by atoms with Crippen molar-refractivity contribution in [3.05, 3.63) is 93.8 Å². The van der Waals surface area contributed by atoms with Crippen LogP contribution >= 0.6 is 0 Å². The van der Waals surface area contributed by atoms with E-state index in [0.29, 0.717) is 30.9 Å². The molecule has 1 heterocycles. The molecule has 0 aliphatic rings.